The lowest BCUT2D eigenvalue weighted by molar-refractivity contribution is 0.251. The molecule has 0 aliphatic carbocycles. The van der Waals surface area contributed by atoms with Gasteiger partial charge in [-0.25, -0.2) is 9.89 Å². The van der Waals surface area contributed by atoms with Gasteiger partial charge >= 0.3 is 6.03 Å². The first-order chi connectivity index (χ1) is 12.6. The van der Waals surface area contributed by atoms with Crippen molar-refractivity contribution in [2.24, 2.45) is 0 Å². The first-order valence-electron chi connectivity index (χ1n) is 7.85. The first-order valence-corrected chi connectivity index (χ1v) is 7.85. The summed E-state index contributed by atoms with van der Waals surface area (Å²) >= 11 is 0. The smallest absolute Gasteiger partial charge is 0.319 e. The molecule has 0 bridgehead atoms. The Kier molecular flexibility index (Phi) is 5.02. The molecule has 0 unspecified atom stereocenters. The van der Waals surface area contributed by atoms with Crippen LogP contribution in [0.3, 0.4) is 0 Å². The molecule has 0 radical (unpaired) electrons. The average molecular weight is 354 g/mol. The van der Waals surface area contributed by atoms with E-state index in [0.29, 0.717) is 33.7 Å². The number of nitrogens with zero attached hydrogens (tertiary/aromatic N) is 1. The van der Waals surface area contributed by atoms with E-state index < -0.39 is 6.03 Å². The summed E-state index contributed by atoms with van der Waals surface area (Å²) in [4.78, 5) is 24.0. The molecule has 2 aromatic carbocycles. The molecular weight excluding hydrogens is 336 g/mol. The number of carbonyl (C=O) groups is 1. The van der Waals surface area contributed by atoms with Crippen LogP contribution in [0.5, 0.6) is 11.5 Å². The topological polar surface area (TPSA) is 105 Å². The van der Waals surface area contributed by atoms with Crippen LogP contribution in [0.25, 0.3) is 10.8 Å². The number of aromatic nitrogens is 2. The van der Waals surface area contributed by atoms with Gasteiger partial charge in [0.2, 0.25) is 0 Å². The molecule has 8 heteroatoms. The van der Waals surface area contributed by atoms with Gasteiger partial charge in [-0.2, -0.15) is 5.10 Å². The summed E-state index contributed by atoms with van der Waals surface area (Å²) in [6.07, 6.45) is 0. The molecule has 0 atom stereocenters. The van der Waals surface area contributed by atoms with Gasteiger partial charge in [-0.3, -0.25) is 4.79 Å². The zero-order valence-corrected chi connectivity index (χ0v) is 14.3. The molecule has 3 aromatic rings. The number of methoxy groups -OCH3 is 2. The van der Waals surface area contributed by atoms with E-state index in [2.05, 4.69) is 20.8 Å². The highest BCUT2D eigenvalue weighted by Gasteiger charge is 2.10. The standard InChI is InChI=1S/C18H18N4O4/c1-25-11-7-8-14(16(9-11)26-2)20-18(24)19-10-15-12-5-3-4-6-13(12)17(23)22-21-15/h3-9H,10H2,1-2H3,(H,22,23)(H2,19,20,24). The molecule has 0 saturated carbocycles. The summed E-state index contributed by atoms with van der Waals surface area (Å²) in [5.41, 5.74) is 0.805. The van der Waals surface area contributed by atoms with Gasteiger partial charge in [0.1, 0.15) is 11.5 Å². The molecule has 26 heavy (non-hydrogen) atoms. The number of H-pyrrole nitrogens is 1. The van der Waals surface area contributed by atoms with Crippen LogP contribution in [0.15, 0.2) is 47.3 Å². The van der Waals surface area contributed by atoms with E-state index in [1.54, 1.807) is 43.5 Å². The Balaban J connectivity index is 1.72. The van der Waals surface area contributed by atoms with Gasteiger partial charge in [0.05, 0.1) is 37.5 Å². The number of rotatable bonds is 5. The Bertz CT molecular complexity index is 1000. The van der Waals surface area contributed by atoms with Crippen LogP contribution in [0.1, 0.15) is 5.69 Å². The van der Waals surface area contributed by atoms with Crippen molar-refractivity contribution in [1.29, 1.82) is 0 Å². The molecule has 1 heterocycles. The van der Waals surface area contributed by atoms with Crippen LogP contribution in [0.2, 0.25) is 0 Å². The maximum atomic E-state index is 12.2. The molecule has 3 N–H and O–H groups in total. The van der Waals surface area contributed by atoms with Crippen molar-refractivity contribution in [3.8, 4) is 11.5 Å². The highest BCUT2D eigenvalue weighted by Crippen LogP contribution is 2.28. The van der Waals surface area contributed by atoms with Crippen molar-refractivity contribution >= 4 is 22.5 Å². The summed E-state index contributed by atoms with van der Waals surface area (Å²) in [5, 5.41) is 13.1. The van der Waals surface area contributed by atoms with Crippen molar-refractivity contribution < 1.29 is 14.3 Å². The molecule has 3 rings (SSSR count). The normalized spacial score (nSPS) is 10.4. The largest absolute Gasteiger partial charge is 0.497 e. The van der Waals surface area contributed by atoms with Crippen molar-refractivity contribution in [2.75, 3.05) is 19.5 Å². The number of fused-ring (bicyclic) bond motifs is 1. The summed E-state index contributed by atoms with van der Waals surface area (Å²) in [5.74, 6) is 1.10. The summed E-state index contributed by atoms with van der Waals surface area (Å²) in [6, 6.07) is 11.7. The van der Waals surface area contributed by atoms with Gasteiger partial charge in [-0.05, 0) is 18.2 Å². The molecule has 0 aliphatic heterocycles. The van der Waals surface area contributed by atoms with E-state index in [9.17, 15) is 9.59 Å². The molecule has 2 amide bonds. The van der Waals surface area contributed by atoms with Gasteiger partial charge < -0.3 is 20.1 Å². The van der Waals surface area contributed by atoms with Gasteiger partial charge in [-0.1, -0.05) is 18.2 Å². The molecule has 8 nitrogen and oxygen atoms in total. The van der Waals surface area contributed by atoms with E-state index in [1.165, 1.54) is 7.11 Å². The molecule has 0 saturated heterocycles. The SMILES string of the molecule is COc1ccc(NC(=O)NCc2n[nH]c(=O)c3ccccc23)c(OC)c1. The predicted molar refractivity (Wildman–Crippen MR) is 97.8 cm³/mol. The number of amides is 2. The van der Waals surface area contributed by atoms with E-state index in [4.69, 9.17) is 9.47 Å². The van der Waals surface area contributed by atoms with Crippen LogP contribution in [0, 0.1) is 0 Å². The summed E-state index contributed by atoms with van der Waals surface area (Å²) < 4.78 is 10.4. The van der Waals surface area contributed by atoms with Crippen LogP contribution < -0.4 is 25.7 Å². The van der Waals surface area contributed by atoms with Crippen LogP contribution >= 0.6 is 0 Å². The Labute approximate surface area is 149 Å². The Morgan fingerprint density at radius 1 is 1.12 bits per heavy atom. The second kappa shape index (κ2) is 7.56. The Morgan fingerprint density at radius 3 is 2.62 bits per heavy atom. The summed E-state index contributed by atoms with van der Waals surface area (Å²) in [6.45, 7) is 0.154. The second-order valence-electron chi connectivity index (χ2n) is 5.42. The van der Waals surface area contributed by atoms with Gasteiger partial charge in [0, 0.05) is 11.5 Å². The van der Waals surface area contributed by atoms with E-state index in [1.807, 2.05) is 6.07 Å². The number of hydrogen-bond acceptors (Lipinski definition) is 5. The quantitative estimate of drug-likeness (QED) is 0.652. The Hall–Kier alpha value is -3.55. The number of urea groups is 1. The fraction of sp³-hybridized carbons (Fsp3) is 0.167. The maximum absolute atomic E-state index is 12.2. The number of aromatic amines is 1. The molecule has 0 spiro atoms. The third-order valence-electron chi connectivity index (χ3n) is 3.85. The molecule has 134 valence electrons. The average Bonchev–Trinajstić information content (AvgIpc) is 2.68. The van der Waals surface area contributed by atoms with E-state index >= 15 is 0 Å². The number of benzene rings is 2. The van der Waals surface area contributed by atoms with Crippen molar-refractivity contribution in [1.82, 2.24) is 15.5 Å². The monoisotopic (exact) mass is 354 g/mol. The Morgan fingerprint density at radius 2 is 1.88 bits per heavy atom. The second-order valence-corrected chi connectivity index (χ2v) is 5.42. The lowest BCUT2D eigenvalue weighted by Gasteiger charge is -2.12. The molecule has 0 aliphatic rings. The minimum atomic E-state index is -0.425. The van der Waals surface area contributed by atoms with Gasteiger partial charge in [0.25, 0.3) is 5.56 Å². The zero-order chi connectivity index (χ0) is 18.5. The van der Waals surface area contributed by atoms with E-state index in [0.717, 1.165) is 0 Å². The lowest BCUT2D eigenvalue weighted by Crippen LogP contribution is -2.29. The fourth-order valence-corrected chi connectivity index (χ4v) is 2.54. The third kappa shape index (κ3) is 3.59. The van der Waals surface area contributed by atoms with Crippen molar-refractivity contribution in [3.63, 3.8) is 0 Å². The molecule has 0 fully saturated rings. The highest BCUT2D eigenvalue weighted by molar-refractivity contribution is 5.91. The number of anilines is 1. The first kappa shape index (κ1) is 17.3. The number of carbonyl (C=O) groups excluding carboxylic acids is 1. The highest BCUT2D eigenvalue weighted by atomic mass is 16.5. The summed E-state index contributed by atoms with van der Waals surface area (Å²) in [7, 11) is 3.06. The zero-order valence-electron chi connectivity index (χ0n) is 14.3. The van der Waals surface area contributed by atoms with Crippen LogP contribution in [-0.4, -0.2) is 30.4 Å². The van der Waals surface area contributed by atoms with Crippen molar-refractivity contribution in [3.05, 3.63) is 58.5 Å². The number of ether oxygens (including phenoxy) is 2. The molecular formula is C18H18N4O4. The minimum absolute atomic E-state index is 0.154. The van der Waals surface area contributed by atoms with Crippen LogP contribution in [-0.2, 0) is 6.54 Å². The fourth-order valence-electron chi connectivity index (χ4n) is 2.54. The van der Waals surface area contributed by atoms with Gasteiger partial charge in [-0.15, -0.1) is 0 Å². The number of hydrogen-bond donors (Lipinski definition) is 3. The van der Waals surface area contributed by atoms with Gasteiger partial charge in [0.15, 0.2) is 0 Å². The maximum Gasteiger partial charge on any atom is 0.319 e. The van der Waals surface area contributed by atoms with Crippen molar-refractivity contribution in [2.45, 2.75) is 6.54 Å². The lowest BCUT2D eigenvalue weighted by atomic mass is 10.1. The van der Waals surface area contributed by atoms with E-state index in [-0.39, 0.29) is 12.1 Å². The minimum Gasteiger partial charge on any atom is -0.497 e. The predicted octanol–water partition coefficient (Wildman–Crippen LogP) is 2.26. The van der Waals surface area contributed by atoms with Crippen LogP contribution in [0.4, 0.5) is 10.5 Å². The molecule has 1 aromatic heterocycles. The number of nitrogens with one attached hydrogen (secondary N) is 3. The third-order valence-corrected chi connectivity index (χ3v) is 3.85.